The Kier molecular flexibility index (Phi) is 5.23. The van der Waals surface area contributed by atoms with Crippen molar-refractivity contribution in [2.75, 3.05) is 19.0 Å². The van der Waals surface area contributed by atoms with Gasteiger partial charge in [-0.3, -0.25) is 9.69 Å². The quantitative estimate of drug-likeness (QED) is 0.814. The van der Waals surface area contributed by atoms with Crippen LogP contribution < -0.4 is 10.2 Å². The molecule has 1 aliphatic rings. The number of carbonyl (C=O) groups is 1. The largest absolute Gasteiger partial charge is 0.351 e. The number of likely N-dealkylation sites (N-methyl/N-ethyl adjacent to an activating group) is 1. The second-order valence-electron chi connectivity index (χ2n) is 6.42. The molecule has 0 fully saturated rings. The Hall–Kier alpha value is -2.80. The van der Waals surface area contributed by atoms with Crippen LogP contribution in [-0.2, 0) is 4.79 Å². The molecule has 27 heavy (non-hydrogen) atoms. The number of thiocarbonyl (C=S) groups is 1. The van der Waals surface area contributed by atoms with Gasteiger partial charge in [0.25, 0.3) is 5.91 Å². The van der Waals surface area contributed by atoms with Crippen molar-refractivity contribution < 1.29 is 13.6 Å². The number of nitrogens with one attached hydrogen (secondary N) is 1. The van der Waals surface area contributed by atoms with E-state index in [1.54, 1.807) is 25.9 Å². The van der Waals surface area contributed by atoms with Crippen molar-refractivity contribution in [3.63, 3.8) is 0 Å². The zero-order valence-corrected chi connectivity index (χ0v) is 16.0. The minimum Gasteiger partial charge on any atom is -0.351 e. The molecule has 0 aromatic heterocycles. The molecule has 1 unspecified atom stereocenters. The highest BCUT2D eigenvalue weighted by Crippen LogP contribution is 2.35. The van der Waals surface area contributed by atoms with E-state index >= 15 is 0 Å². The molecule has 0 spiro atoms. The first-order valence-electron chi connectivity index (χ1n) is 8.34. The van der Waals surface area contributed by atoms with E-state index in [-0.39, 0.29) is 11.5 Å². The van der Waals surface area contributed by atoms with Gasteiger partial charge in [0, 0.05) is 37.1 Å². The van der Waals surface area contributed by atoms with E-state index in [4.69, 9.17) is 12.2 Å². The third-order valence-electron chi connectivity index (χ3n) is 4.41. The van der Waals surface area contributed by atoms with Crippen molar-refractivity contribution in [3.05, 3.63) is 77.0 Å². The molecule has 0 saturated carbocycles. The van der Waals surface area contributed by atoms with E-state index in [2.05, 4.69) is 5.32 Å². The van der Waals surface area contributed by atoms with Crippen LogP contribution in [0.1, 0.15) is 18.5 Å². The molecule has 1 aliphatic heterocycles. The number of rotatable bonds is 3. The average Bonchev–Trinajstić information content (AvgIpc) is 2.61. The summed E-state index contributed by atoms with van der Waals surface area (Å²) in [6, 6.07) is 11.8. The summed E-state index contributed by atoms with van der Waals surface area (Å²) in [4.78, 5) is 16.1. The Balaban J connectivity index is 2.19. The van der Waals surface area contributed by atoms with Gasteiger partial charge in [-0.15, -0.1) is 0 Å². The predicted octanol–water partition coefficient (Wildman–Crippen LogP) is 3.76. The fourth-order valence-corrected chi connectivity index (χ4v) is 3.48. The summed E-state index contributed by atoms with van der Waals surface area (Å²) in [7, 11) is 3.25. The molecule has 140 valence electrons. The van der Waals surface area contributed by atoms with Crippen LogP contribution in [0.5, 0.6) is 0 Å². The molecule has 2 aromatic carbocycles. The minimum atomic E-state index is -0.812. The van der Waals surface area contributed by atoms with E-state index in [1.807, 2.05) is 30.3 Å². The van der Waals surface area contributed by atoms with Gasteiger partial charge in [-0.25, -0.2) is 8.78 Å². The number of amides is 1. The fourth-order valence-electron chi connectivity index (χ4n) is 3.12. The fraction of sp³-hybridized carbons (Fsp3) is 0.200. The normalized spacial score (nSPS) is 17.0. The van der Waals surface area contributed by atoms with Crippen LogP contribution in [0, 0.1) is 11.6 Å². The Bertz CT molecular complexity index is 928. The molecule has 4 nitrogen and oxygen atoms in total. The van der Waals surface area contributed by atoms with E-state index in [9.17, 15) is 13.6 Å². The van der Waals surface area contributed by atoms with Gasteiger partial charge in [-0.2, -0.15) is 0 Å². The molecule has 3 rings (SSSR count). The maximum Gasteiger partial charge on any atom is 0.253 e. The van der Waals surface area contributed by atoms with Crippen LogP contribution in [0.3, 0.4) is 0 Å². The second kappa shape index (κ2) is 7.44. The Morgan fingerprint density at radius 1 is 1.15 bits per heavy atom. The van der Waals surface area contributed by atoms with Crippen molar-refractivity contribution in [1.82, 2.24) is 10.2 Å². The molecule has 0 radical (unpaired) electrons. The summed E-state index contributed by atoms with van der Waals surface area (Å²) in [6.07, 6.45) is 0. The lowest BCUT2D eigenvalue weighted by atomic mass is 9.93. The van der Waals surface area contributed by atoms with E-state index in [0.29, 0.717) is 16.4 Å². The zero-order chi connectivity index (χ0) is 19.7. The number of carbonyl (C=O) groups excluding carboxylic acids is 1. The van der Waals surface area contributed by atoms with Crippen LogP contribution in [0.2, 0.25) is 0 Å². The number of benzene rings is 2. The third kappa shape index (κ3) is 3.55. The Morgan fingerprint density at radius 2 is 1.81 bits per heavy atom. The summed E-state index contributed by atoms with van der Waals surface area (Å²) in [5.41, 5.74) is 1.89. The van der Waals surface area contributed by atoms with E-state index in [1.165, 1.54) is 17.0 Å². The van der Waals surface area contributed by atoms with Crippen molar-refractivity contribution in [3.8, 4) is 0 Å². The Morgan fingerprint density at radius 3 is 2.41 bits per heavy atom. The Labute approximate surface area is 162 Å². The number of hydrogen-bond donors (Lipinski definition) is 1. The molecule has 0 saturated heterocycles. The SMILES string of the molecule is CC1=C(C(=O)N(C)C)C(c2ccc(F)cc2F)NC(=S)N1c1ccccc1. The maximum atomic E-state index is 14.5. The summed E-state index contributed by atoms with van der Waals surface area (Å²) >= 11 is 5.50. The first kappa shape index (κ1) is 19.0. The van der Waals surface area contributed by atoms with Crippen molar-refractivity contribution >= 4 is 28.9 Å². The molecular weight excluding hydrogens is 368 g/mol. The molecule has 1 amide bonds. The van der Waals surface area contributed by atoms with Gasteiger partial charge in [-0.05, 0) is 37.3 Å². The van der Waals surface area contributed by atoms with Crippen LogP contribution in [-0.4, -0.2) is 30.0 Å². The van der Waals surface area contributed by atoms with Crippen molar-refractivity contribution in [2.45, 2.75) is 13.0 Å². The predicted molar refractivity (Wildman–Crippen MR) is 105 cm³/mol. The highest BCUT2D eigenvalue weighted by Gasteiger charge is 2.36. The number of para-hydroxylation sites is 1. The topological polar surface area (TPSA) is 35.6 Å². The summed E-state index contributed by atoms with van der Waals surface area (Å²) in [5, 5.41) is 3.38. The summed E-state index contributed by atoms with van der Waals surface area (Å²) < 4.78 is 27.8. The molecule has 7 heteroatoms. The monoisotopic (exact) mass is 387 g/mol. The number of allylic oxidation sites excluding steroid dienone is 1. The van der Waals surface area contributed by atoms with Gasteiger partial charge in [0.15, 0.2) is 5.11 Å². The van der Waals surface area contributed by atoms with Crippen molar-refractivity contribution in [1.29, 1.82) is 0 Å². The standard InChI is InChI=1S/C20H19F2N3OS/c1-12-17(19(26)24(2)3)18(15-10-9-13(21)11-16(15)22)23-20(27)25(12)14-7-5-4-6-8-14/h4-11,18H,1-3H3,(H,23,27). The van der Waals surface area contributed by atoms with Crippen LogP contribution >= 0.6 is 12.2 Å². The number of nitrogens with zero attached hydrogens (tertiary/aromatic N) is 2. The third-order valence-corrected chi connectivity index (χ3v) is 4.71. The second-order valence-corrected chi connectivity index (χ2v) is 6.80. The zero-order valence-electron chi connectivity index (χ0n) is 15.2. The van der Waals surface area contributed by atoms with Crippen LogP contribution in [0.15, 0.2) is 59.8 Å². The average molecular weight is 387 g/mol. The van der Waals surface area contributed by atoms with Gasteiger partial charge in [0.2, 0.25) is 0 Å². The lowest BCUT2D eigenvalue weighted by Crippen LogP contribution is -2.49. The van der Waals surface area contributed by atoms with Gasteiger partial charge in [-0.1, -0.05) is 24.3 Å². The molecule has 1 heterocycles. The molecular formula is C20H19F2N3OS. The first-order chi connectivity index (χ1) is 12.8. The highest BCUT2D eigenvalue weighted by molar-refractivity contribution is 7.80. The van der Waals surface area contributed by atoms with Gasteiger partial charge >= 0.3 is 0 Å². The molecule has 0 aliphatic carbocycles. The lowest BCUT2D eigenvalue weighted by Gasteiger charge is -2.38. The minimum absolute atomic E-state index is 0.163. The van der Waals surface area contributed by atoms with Crippen molar-refractivity contribution in [2.24, 2.45) is 0 Å². The summed E-state index contributed by atoms with van der Waals surface area (Å²) in [6.45, 7) is 1.77. The van der Waals surface area contributed by atoms with Gasteiger partial charge < -0.3 is 10.2 Å². The van der Waals surface area contributed by atoms with Gasteiger partial charge in [0.1, 0.15) is 11.6 Å². The highest BCUT2D eigenvalue weighted by atomic mass is 32.1. The molecule has 2 aromatic rings. The van der Waals surface area contributed by atoms with Crippen LogP contribution in [0.4, 0.5) is 14.5 Å². The molecule has 1 atom stereocenters. The number of hydrogen-bond acceptors (Lipinski definition) is 2. The number of anilines is 1. The van der Waals surface area contributed by atoms with E-state index in [0.717, 1.165) is 11.8 Å². The maximum absolute atomic E-state index is 14.5. The first-order valence-corrected chi connectivity index (χ1v) is 8.75. The summed E-state index contributed by atoms with van der Waals surface area (Å²) in [5.74, 6) is -1.70. The molecule has 0 bridgehead atoms. The smallest absolute Gasteiger partial charge is 0.253 e. The van der Waals surface area contributed by atoms with Gasteiger partial charge in [0.05, 0.1) is 11.6 Å². The lowest BCUT2D eigenvalue weighted by molar-refractivity contribution is -0.125. The van der Waals surface area contributed by atoms with Crippen LogP contribution in [0.25, 0.3) is 0 Å². The molecule has 1 N–H and O–H groups in total. The number of halogens is 2. The van der Waals surface area contributed by atoms with E-state index < -0.39 is 17.7 Å².